The minimum absolute atomic E-state index is 0.0365. The number of hydrogen-bond acceptors (Lipinski definition) is 2. The van der Waals surface area contributed by atoms with Crippen molar-refractivity contribution in [2.45, 2.75) is 20.4 Å². The topological polar surface area (TPSA) is 34.9 Å². The largest absolute Gasteiger partial charge is 0.292 e. The molecule has 0 unspecified atom stereocenters. The van der Waals surface area contributed by atoms with Gasteiger partial charge < -0.3 is 0 Å². The van der Waals surface area contributed by atoms with E-state index in [-0.39, 0.29) is 5.56 Å². The molecule has 3 nitrogen and oxygen atoms in total. The van der Waals surface area contributed by atoms with E-state index in [4.69, 9.17) is 0 Å². The summed E-state index contributed by atoms with van der Waals surface area (Å²) < 4.78 is 2.12. The summed E-state index contributed by atoms with van der Waals surface area (Å²) in [6.45, 7) is 4.32. The fourth-order valence-electron chi connectivity index (χ4n) is 0.977. The lowest BCUT2D eigenvalue weighted by Crippen LogP contribution is -2.23. The molecule has 1 heterocycles. The molecule has 0 spiro atoms. The van der Waals surface area contributed by atoms with Crippen LogP contribution in [0.2, 0.25) is 0 Å². The molecule has 0 bridgehead atoms. The fourth-order valence-corrected chi connectivity index (χ4v) is 1.29. The van der Waals surface area contributed by atoms with E-state index in [1.807, 2.05) is 26.0 Å². The van der Waals surface area contributed by atoms with E-state index in [1.54, 1.807) is 4.57 Å². The normalized spacial score (nSPS) is 11.0. The first-order chi connectivity index (χ1) is 6.16. The lowest BCUT2D eigenvalue weighted by molar-refractivity contribution is 0.709. The number of aromatic nitrogens is 2. The average Bonchev–Trinajstić information content (AvgIpc) is 2.12. The smallest absolute Gasteiger partial charge is 0.268 e. The van der Waals surface area contributed by atoms with Gasteiger partial charge in [-0.1, -0.05) is 12.2 Å². The van der Waals surface area contributed by atoms with Crippen molar-refractivity contribution in [3.63, 3.8) is 0 Å². The van der Waals surface area contributed by atoms with E-state index in [0.717, 1.165) is 5.82 Å². The van der Waals surface area contributed by atoms with Gasteiger partial charge in [-0.2, -0.15) is 0 Å². The number of rotatable bonds is 2. The minimum atomic E-state index is -0.0365. The van der Waals surface area contributed by atoms with Crippen LogP contribution in [0.5, 0.6) is 0 Å². The van der Waals surface area contributed by atoms with Crippen LogP contribution in [0.3, 0.4) is 0 Å². The molecule has 1 aromatic rings. The van der Waals surface area contributed by atoms with Gasteiger partial charge in [-0.15, -0.1) is 0 Å². The highest BCUT2D eigenvalue weighted by Gasteiger charge is 2.02. The van der Waals surface area contributed by atoms with Crippen LogP contribution in [-0.4, -0.2) is 9.55 Å². The predicted molar refractivity (Wildman–Crippen MR) is 55.7 cm³/mol. The van der Waals surface area contributed by atoms with Crippen molar-refractivity contribution in [1.82, 2.24) is 9.55 Å². The summed E-state index contributed by atoms with van der Waals surface area (Å²) in [5.41, 5.74) is -0.0365. The molecule has 0 aliphatic carbocycles. The van der Waals surface area contributed by atoms with E-state index >= 15 is 0 Å². The number of aryl methyl sites for hydroxylation is 1. The van der Waals surface area contributed by atoms with Gasteiger partial charge in [0, 0.05) is 12.7 Å². The van der Waals surface area contributed by atoms with E-state index in [1.165, 1.54) is 6.20 Å². The Bertz CT molecular complexity index is 382. The van der Waals surface area contributed by atoms with Crippen molar-refractivity contribution < 1.29 is 0 Å². The predicted octanol–water partition coefficient (Wildman–Crippen LogP) is 1.89. The number of halogens is 1. The van der Waals surface area contributed by atoms with Crippen LogP contribution in [0.1, 0.15) is 12.7 Å². The summed E-state index contributed by atoms with van der Waals surface area (Å²) in [6.07, 6.45) is 5.36. The molecular formula is C9H11BrN2O. The second-order valence-electron chi connectivity index (χ2n) is 2.64. The summed E-state index contributed by atoms with van der Waals surface area (Å²) in [4.78, 5) is 15.6. The van der Waals surface area contributed by atoms with Crippen molar-refractivity contribution in [3.8, 4) is 0 Å². The first-order valence-corrected chi connectivity index (χ1v) is 4.79. The second-order valence-corrected chi connectivity index (χ2v) is 3.49. The van der Waals surface area contributed by atoms with Crippen LogP contribution in [0, 0.1) is 6.92 Å². The maximum atomic E-state index is 11.5. The highest BCUT2D eigenvalue weighted by Crippen LogP contribution is 2.01. The molecule has 1 rings (SSSR count). The van der Waals surface area contributed by atoms with Gasteiger partial charge in [-0.3, -0.25) is 9.36 Å². The van der Waals surface area contributed by atoms with E-state index < -0.39 is 0 Å². The third-order valence-corrected chi connectivity index (χ3v) is 2.27. The Balaban J connectivity index is 3.18. The Labute approximate surface area is 85.2 Å². The van der Waals surface area contributed by atoms with Crippen molar-refractivity contribution in [2.24, 2.45) is 0 Å². The molecule has 0 radical (unpaired) electrons. The molecule has 1 aromatic heterocycles. The summed E-state index contributed by atoms with van der Waals surface area (Å²) in [5.74, 6) is 0.728. The van der Waals surface area contributed by atoms with Crippen LogP contribution in [0.25, 0.3) is 0 Å². The highest BCUT2D eigenvalue weighted by atomic mass is 79.9. The second kappa shape index (κ2) is 4.37. The molecule has 0 saturated heterocycles. The summed E-state index contributed by atoms with van der Waals surface area (Å²) in [6, 6.07) is 0. The van der Waals surface area contributed by atoms with Gasteiger partial charge >= 0.3 is 0 Å². The Morgan fingerprint density at radius 1 is 1.69 bits per heavy atom. The SMILES string of the molecule is CC=CCn1c(C)ncc(Br)c1=O. The van der Waals surface area contributed by atoms with Crippen molar-refractivity contribution in [1.29, 1.82) is 0 Å². The maximum absolute atomic E-state index is 11.5. The monoisotopic (exact) mass is 242 g/mol. The molecule has 0 atom stereocenters. The molecule has 13 heavy (non-hydrogen) atoms. The molecule has 0 aromatic carbocycles. The standard InChI is InChI=1S/C9H11BrN2O/c1-3-4-5-12-7(2)11-6-8(10)9(12)13/h3-4,6H,5H2,1-2H3. The zero-order valence-corrected chi connectivity index (χ0v) is 9.21. The Hall–Kier alpha value is -0.900. The van der Waals surface area contributed by atoms with Crippen LogP contribution in [0.4, 0.5) is 0 Å². The first kappa shape index (κ1) is 10.2. The van der Waals surface area contributed by atoms with Gasteiger partial charge in [0.05, 0.1) is 0 Å². The Morgan fingerprint density at radius 3 is 3.00 bits per heavy atom. The first-order valence-electron chi connectivity index (χ1n) is 4.00. The molecule has 4 heteroatoms. The molecule has 0 saturated carbocycles. The van der Waals surface area contributed by atoms with Crippen LogP contribution in [-0.2, 0) is 6.54 Å². The lowest BCUT2D eigenvalue weighted by Gasteiger charge is -2.05. The van der Waals surface area contributed by atoms with E-state index in [9.17, 15) is 4.79 Å². The van der Waals surface area contributed by atoms with Gasteiger partial charge in [0.15, 0.2) is 0 Å². The van der Waals surface area contributed by atoms with Gasteiger partial charge in [0.2, 0.25) is 0 Å². The number of hydrogen-bond donors (Lipinski definition) is 0. The van der Waals surface area contributed by atoms with E-state index in [0.29, 0.717) is 11.0 Å². The Kier molecular flexibility index (Phi) is 3.42. The van der Waals surface area contributed by atoms with Crippen LogP contribution >= 0.6 is 15.9 Å². The molecule has 0 fully saturated rings. The molecule has 0 N–H and O–H groups in total. The summed E-state index contributed by atoms with van der Waals surface area (Å²) in [5, 5.41) is 0. The quantitative estimate of drug-likeness (QED) is 0.743. The zero-order valence-electron chi connectivity index (χ0n) is 7.62. The molecule has 0 aliphatic rings. The van der Waals surface area contributed by atoms with Crippen LogP contribution in [0.15, 0.2) is 27.6 Å². The third-order valence-electron chi connectivity index (χ3n) is 1.73. The highest BCUT2D eigenvalue weighted by molar-refractivity contribution is 9.10. The number of allylic oxidation sites excluding steroid dienone is 2. The minimum Gasteiger partial charge on any atom is -0.292 e. The maximum Gasteiger partial charge on any atom is 0.268 e. The fraction of sp³-hybridized carbons (Fsp3) is 0.333. The lowest BCUT2D eigenvalue weighted by atomic mass is 10.4. The Morgan fingerprint density at radius 2 is 2.38 bits per heavy atom. The molecule has 0 amide bonds. The average molecular weight is 243 g/mol. The third kappa shape index (κ3) is 2.28. The number of nitrogens with zero attached hydrogens (tertiary/aromatic N) is 2. The zero-order chi connectivity index (χ0) is 9.84. The van der Waals surface area contributed by atoms with Crippen LogP contribution < -0.4 is 5.56 Å². The van der Waals surface area contributed by atoms with Crippen molar-refractivity contribution in [2.75, 3.05) is 0 Å². The van der Waals surface area contributed by atoms with E-state index in [2.05, 4.69) is 20.9 Å². The van der Waals surface area contributed by atoms with Gasteiger partial charge in [0.1, 0.15) is 10.3 Å². The van der Waals surface area contributed by atoms with Crippen molar-refractivity contribution >= 4 is 15.9 Å². The summed E-state index contributed by atoms with van der Waals surface area (Å²) >= 11 is 3.15. The summed E-state index contributed by atoms with van der Waals surface area (Å²) in [7, 11) is 0. The van der Waals surface area contributed by atoms with Crippen molar-refractivity contribution in [3.05, 3.63) is 39.0 Å². The van der Waals surface area contributed by atoms with Gasteiger partial charge in [-0.05, 0) is 29.8 Å². The van der Waals surface area contributed by atoms with Gasteiger partial charge in [0.25, 0.3) is 5.56 Å². The molecule has 70 valence electrons. The molecular weight excluding hydrogens is 232 g/mol. The molecule has 0 aliphatic heterocycles. The van der Waals surface area contributed by atoms with Gasteiger partial charge in [-0.25, -0.2) is 4.98 Å².